The zero-order chi connectivity index (χ0) is 17.6. The van der Waals surface area contributed by atoms with E-state index >= 15 is 0 Å². The van der Waals surface area contributed by atoms with E-state index in [1.807, 2.05) is 30.3 Å². The smallest absolute Gasteiger partial charge is 0.260 e. The standard InChI is InChI=1S/C18H15ClN2O3S/c19-12-5-4-6-13(9-12)20-16(22)10-15-18(23)21-17(25-15)11-24-14-7-2-1-3-8-14/h1-9,15H,10-11H2,(H,20,22)/t15-/m1/s1. The molecule has 7 heteroatoms. The van der Waals surface area contributed by atoms with E-state index in [1.165, 1.54) is 11.8 Å². The molecule has 25 heavy (non-hydrogen) atoms. The van der Waals surface area contributed by atoms with E-state index in [-0.39, 0.29) is 24.8 Å². The van der Waals surface area contributed by atoms with E-state index in [9.17, 15) is 9.59 Å². The number of rotatable bonds is 6. The van der Waals surface area contributed by atoms with Gasteiger partial charge in [0.25, 0.3) is 5.91 Å². The Morgan fingerprint density at radius 1 is 1.20 bits per heavy atom. The third kappa shape index (κ3) is 5.08. The molecule has 0 unspecified atom stereocenters. The van der Waals surface area contributed by atoms with Crippen LogP contribution >= 0.6 is 23.4 Å². The maximum Gasteiger partial charge on any atom is 0.260 e. The molecule has 0 spiro atoms. The third-order valence-corrected chi connectivity index (χ3v) is 4.74. The van der Waals surface area contributed by atoms with Crippen molar-refractivity contribution in [3.8, 4) is 5.75 Å². The van der Waals surface area contributed by atoms with Crippen LogP contribution in [-0.4, -0.2) is 28.7 Å². The van der Waals surface area contributed by atoms with Crippen molar-refractivity contribution in [2.24, 2.45) is 4.99 Å². The van der Waals surface area contributed by atoms with Crippen molar-refractivity contribution in [3.63, 3.8) is 0 Å². The van der Waals surface area contributed by atoms with Crippen LogP contribution in [0.3, 0.4) is 0 Å². The van der Waals surface area contributed by atoms with Crippen LogP contribution in [0.4, 0.5) is 5.69 Å². The van der Waals surface area contributed by atoms with Crippen molar-refractivity contribution in [2.75, 3.05) is 11.9 Å². The van der Waals surface area contributed by atoms with E-state index in [4.69, 9.17) is 16.3 Å². The van der Waals surface area contributed by atoms with Gasteiger partial charge >= 0.3 is 0 Å². The number of carbonyl (C=O) groups is 2. The van der Waals surface area contributed by atoms with Crippen molar-refractivity contribution in [1.82, 2.24) is 0 Å². The molecular weight excluding hydrogens is 360 g/mol. The molecule has 1 heterocycles. The van der Waals surface area contributed by atoms with Crippen LogP contribution in [-0.2, 0) is 9.59 Å². The first-order chi connectivity index (χ1) is 12.1. The van der Waals surface area contributed by atoms with Gasteiger partial charge in [0, 0.05) is 17.1 Å². The van der Waals surface area contributed by atoms with Gasteiger partial charge in [-0.25, -0.2) is 4.99 Å². The Bertz CT molecular complexity index is 811. The number of nitrogens with one attached hydrogen (secondary N) is 1. The number of hydrogen-bond acceptors (Lipinski definition) is 4. The van der Waals surface area contributed by atoms with Crippen molar-refractivity contribution >= 4 is 45.9 Å². The van der Waals surface area contributed by atoms with Crippen LogP contribution in [0.5, 0.6) is 5.75 Å². The van der Waals surface area contributed by atoms with Crippen molar-refractivity contribution in [1.29, 1.82) is 0 Å². The first kappa shape index (κ1) is 17.5. The average molecular weight is 375 g/mol. The molecule has 1 aliphatic rings. The molecule has 5 nitrogen and oxygen atoms in total. The van der Waals surface area contributed by atoms with E-state index in [0.717, 1.165) is 0 Å². The van der Waals surface area contributed by atoms with E-state index < -0.39 is 5.25 Å². The van der Waals surface area contributed by atoms with E-state index in [0.29, 0.717) is 21.5 Å². The molecule has 0 aromatic heterocycles. The molecule has 0 radical (unpaired) electrons. The van der Waals surface area contributed by atoms with E-state index in [2.05, 4.69) is 10.3 Å². The molecule has 2 aromatic carbocycles. The highest BCUT2D eigenvalue weighted by Crippen LogP contribution is 2.26. The van der Waals surface area contributed by atoms with E-state index in [1.54, 1.807) is 24.3 Å². The molecule has 2 aromatic rings. The van der Waals surface area contributed by atoms with Crippen LogP contribution in [0.1, 0.15) is 6.42 Å². The maximum atomic E-state index is 12.1. The molecule has 0 saturated carbocycles. The highest BCUT2D eigenvalue weighted by atomic mass is 35.5. The minimum atomic E-state index is -0.520. The lowest BCUT2D eigenvalue weighted by atomic mass is 10.2. The van der Waals surface area contributed by atoms with Gasteiger partial charge in [0.2, 0.25) is 5.91 Å². The average Bonchev–Trinajstić information content (AvgIpc) is 2.93. The Morgan fingerprint density at radius 2 is 2.00 bits per heavy atom. The Labute approximate surface area is 154 Å². The van der Waals surface area contributed by atoms with Crippen molar-refractivity contribution < 1.29 is 14.3 Å². The number of aliphatic imine (C=N–C) groups is 1. The number of carbonyl (C=O) groups excluding carboxylic acids is 2. The summed E-state index contributed by atoms with van der Waals surface area (Å²) in [6.45, 7) is 0.215. The summed E-state index contributed by atoms with van der Waals surface area (Å²) < 4.78 is 5.58. The topological polar surface area (TPSA) is 67.8 Å². The van der Waals surface area contributed by atoms with Crippen molar-refractivity contribution in [3.05, 3.63) is 59.6 Å². The van der Waals surface area contributed by atoms with Gasteiger partial charge in [-0.15, -0.1) is 0 Å². The summed E-state index contributed by atoms with van der Waals surface area (Å²) in [4.78, 5) is 28.1. The third-order valence-electron chi connectivity index (χ3n) is 3.37. The van der Waals surface area contributed by atoms with Crippen LogP contribution in [0, 0.1) is 0 Å². The fourth-order valence-corrected chi connectivity index (χ4v) is 3.42. The minimum Gasteiger partial charge on any atom is -0.487 e. The van der Waals surface area contributed by atoms with Crippen molar-refractivity contribution in [2.45, 2.75) is 11.7 Å². The maximum absolute atomic E-state index is 12.1. The Balaban J connectivity index is 1.49. The van der Waals surface area contributed by atoms with Gasteiger partial charge in [-0.05, 0) is 30.3 Å². The summed E-state index contributed by atoms with van der Waals surface area (Å²) in [5.41, 5.74) is 0.599. The summed E-state index contributed by atoms with van der Waals surface area (Å²) in [7, 11) is 0. The minimum absolute atomic E-state index is 0.0500. The number of benzene rings is 2. The van der Waals surface area contributed by atoms with Gasteiger partial charge in [-0.1, -0.05) is 47.6 Å². The lowest BCUT2D eigenvalue weighted by molar-refractivity contribution is -0.121. The first-order valence-electron chi connectivity index (χ1n) is 7.61. The summed E-state index contributed by atoms with van der Waals surface area (Å²) in [5, 5.41) is 3.33. The lowest BCUT2D eigenvalue weighted by Crippen LogP contribution is -2.21. The number of hydrogen-bond donors (Lipinski definition) is 1. The molecular formula is C18H15ClN2O3S. The van der Waals surface area contributed by atoms with Crippen LogP contribution in [0.15, 0.2) is 59.6 Å². The zero-order valence-electron chi connectivity index (χ0n) is 13.1. The second-order valence-electron chi connectivity index (χ2n) is 5.31. The summed E-state index contributed by atoms with van der Waals surface area (Å²) in [6, 6.07) is 16.2. The zero-order valence-corrected chi connectivity index (χ0v) is 14.7. The van der Waals surface area contributed by atoms with Gasteiger partial charge in [-0.3, -0.25) is 9.59 Å². The molecule has 0 saturated heterocycles. The molecule has 1 atom stereocenters. The Hall–Kier alpha value is -2.31. The summed E-state index contributed by atoms with van der Waals surface area (Å²) >= 11 is 7.15. The fourth-order valence-electron chi connectivity index (χ4n) is 2.24. The molecule has 0 bridgehead atoms. The number of ether oxygens (including phenoxy) is 1. The number of para-hydroxylation sites is 1. The Kier molecular flexibility index (Phi) is 5.73. The molecule has 1 N–H and O–H groups in total. The summed E-state index contributed by atoms with van der Waals surface area (Å²) in [5.74, 6) is 0.145. The number of thioether (sulfide) groups is 1. The van der Waals surface area contributed by atoms with Crippen LogP contribution in [0.25, 0.3) is 0 Å². The predicted molar refractivity (Wildman–Crippen MR) is 100 cm³/mol. The van der Waals surface area contributed by atoms with Gasteiger partial charge in [0.05, 0.1) is 0 Å². The highest BCUT2D eigenvalue weighted by molar-refractivity contribution is 8.15. The Morgan fingerprint density at radius 3 is 2.76 bits per heavy atom. The molecule has 3 rings (SSSR count). The lowest BCUT2D eigenvalue weighted by Gasteiger charge is -2.09. The molecule has 0 aliphatic carbocycles. The largest absolute Gasteiger partial charge is 0.487 e. The number of halogens is 1. The van der Waals surface area contributed by atoms with Crippen LogP contribution < -0.4 is 10.1 Å². The molecule has 0 fully saturated rings. The second-order valence-corrected chi connectivity index (χ2v) is 7.03. The molecule has 1 aliphatic heterocycles. The van der Waals surface area contributed by atoms with Gasteiger partial charge in [-0.2, -0.15) is 0 Å². The number of amides is 2. The monoisotopic (exact) mass is 374 g/mol. The first-order valence-corrected chi connectivity index (χ1v) is 8.87. The number of nitrogens with zero attached hydrogens (tertiary/aromatic N) is 1. The SMILES string of the molecule is O=C(C[C@H]1SC(COc2ccccc2)=NC1=O)Nc1cccc(Cl)c1. The second kappa shape index (κ2) is 8.18. The van der Waals surface area contributed by atoms with Crippen LogP contribution in [0.2, 0.25) is 5.02 Å². The quantitative estimate of drug-likeness (QED) is 0.835. The molecule has 2 amide bonds. The highest BCUT2D eigenvalue weighted by Gasteiger charge is 2.30. The summed E-state index contributed by atoms with van der Waals surface area (Å²) in [6.07, 6.45) is 0.0500. The number of anilines is 1. The predicted octanol–water partition coefficient (Wildman–Crippen LogP) is 3.79. The van der Waals surface area contributed by atoms with Gasteiger partial charge < -0.3 is 10.1 Å². The molecule has 128 valence electrons. The van der Waals surface area contributed by atoms with Gasteiger partial charge in [0.1, 0.15) is 22.7 Å². The van der Waals surface area contributed by atoms with Gasteiger partial charge in [0.15, 0.2) is 0 Å². The fraction of sp³-hybridized carbons (Fsp3) is 0.167. The normalized spacial score (nSPS) is 16.4.